The third-order valence-corrected chi connectivity index (χ3v) is 2.33. The molecule has 0 aliphatic rings. The average molecular weight is 422 g/mol. The third-order valence-electron chi connectivity index (χ3n) is 2.33. The van der Waals surface area contributed by atoms with Crippen LogP contribution in [-0.2, 0) is 32.4 Å². The van der Waals surface area contributed by atoms with Crippen molar-refractivity contribution >= 4 is 11.9 Å². The number of aliphatic carboxylic acids is 2. The van der Waals surface area contributed by atoms with Crippen LogP contribution < -0.4 is 10.2 Å². The number of hydrogen-bond donors (Lipinski definition) is 2. The Bertz CT molecular complexity index is 573. The number of aromatic nitrogens is 2. The monoisotopic (exact) mass is 421 g/mol. The molecule has 12 heteroatoms. The first kappa shape index (κ1) is 31.3. The van der Waals surface area contributed by atoms with Gasteiger partial charge in [-0.25, -0.2) is 0 Å². The minimum atomic E-state index is -2.14. The Balaban J connectivity index is -0.000000195. The van der Waals surface area contributed by atoms with Gasteiger partial charge in [-0.2, -0.15) is 0 Å². The number of pyridine rings is 2. The van der Waals surface area contributed by atoms with Crippen molar-refractivity contribution in [2.45, 2.75) is 12.2 Å². The van der Waals surface area contributed by atoms with Gasteiger partial charge < -0.3 is 46.4 Å². The summed E-state index contributed by atoms with van der Waals surface area (Å²) >= 11 is 0. The second-order valence-corrected chi connectivity index (χ2v) is 4.02. The molecule has 0 saturated carbocycles. The van der Waals surface area contributed by atoms with Crippen molar-refractivity contribution in [3.05, 3.63) is 60.2 Å². The maximum absolute atomic E-state index is 9.89. The Morgan fingerprint density at radius 1 is 0.846 bits per heavy atom. The molecule has 0 atom stereocenters. The van der Waals surface area contributed by atoms with Gasteiger partial charge in [-0.3, -0.25) is 9.97 Å². The summed E-state index contributed by atoms with van der Waals surface area (Å²) < 4.78 is 0. The Labute approximate surface area is 158 Å². The fourth-order valence-electron chi connectivity index (χ4n) is 1.39. The van der Waals surface area contributed by atoms with Gasteiger partial charge in [0.1, 0.15) is 11.4 Å². The van der Waals surface area contributed by atoms with Gasteiger partial charge in [-0.15, -0.1) is 0 Å². The summed E-state index contributed by atoms with van der Waals surface area (Å²) in [6, 6.07) is 9.86. The fourth-order valence-corrected chi connectivity index (χ4v) is 1.39. The minimum absolute atomic E-state index is 0. The van der Waals surface area contributed by atoms with E-state index < -0.39 is 24.1 Å². The summed E-state index contributed by atoms with van der Waals surface area (Å²) in [5.41, 5.74) is 0.312. The van der Waals surface area contributed by atoms with Crippen LogP contribution in [0.25, 0.3) is 0 Å². The van der Waals surface area contributed by atoms with Crippen LogP contribution in [0.5, 0.6) is 0 Å². The first-order valence-electron chi connectivity index (χ1n) is 6.01. The molecule has 1 radical (unpaired) electrons. The van der Waals surface area contributed by atoms with Gasteiger partial charge in [0, 0.05) is 30.8 Å². The second-order valence-electron chi connectivity index (χ2n) is 4.02. The Morgan fingerprint density at radius 3 is 1.38 bits per heavy atom. The minimum Gasteiger partial charge on any atom is -0.550 e. The summed E-state index contributed by atoms with van der Waals surface area (Å²) in [6.07, 6.45) is 1.97. The first-order valence-corrected chi connectivity index (χ1v) is 6.01. The third kappa shape index (κ3) is 10.4. The molecule has 0 saturated heterocycles. The van der Waals surface area contributed by atoms with Crippen molar-refractivity contribution in [1.82, 2.24) is 9.97 Å². The summed E-state index contributed by atoms with van der Waals surface area (Å²) in [5.74, 6) is -5.39. The number of rotatable bonds is 4. The molecule has 8 N–H and O–H groups in total. The van der Waals surface area contributed by atoms with Gasteiger partial charge in [-0.1, -0.05) is 12.1 Å². The van der Waals surface area contributed by atoms with Gasteiger partial charge in [0.2, 0.25) is 0 Å². The van der Waals surface area contributed by atoms with Crippen LogP contribution in [0.15, 0.2) is 48.8 Å². The van der Waals surface area contributed by atoms with E-state index in [0.717, 1.165) is 0 Å². The van der Waals surface area contributed by atoms with E-state index in [-0.39, 0.29) is 44.9 Å². The summed E-state index contributed by atoms with van der Waals surface area (Å²) in [4.78, 5) is 26.3. The molecule has 26 heavy (non-hydrogen) atoms. The quantitative estimate of drug-likeness (QED) is 0.274. The standard InChI is InChI=1S/C11H10N2O2.C3H4O4.Cu.3H2O/c14-11(15,9-5-1-3-7-12-9)10-6-2-4-8-13-10;4-2(5)1-3(6)7;;;;/h1-8,14-15H;1H2,(H,4,5)(H,6,7);;3*1H2/q;;+2;;;/p-2. The molecule has 0 unspecified atom stereocenters. The van der Waals surface area contributed by atoms with Gasteiger partial charge in [-0.05, 0) is 24.3 Å². The molecule has 2 aromatic rings. The zero-order valence-corrected chi connectivity index (χ0v) is 14.0. The van der Waals surface area contributed by atoms with E-state index in [4.69, 9.17) is 0 Å². The number of carbonyl (C=O) groups is 2. The van der Waals surface area contributed by atoms with E-state index in [1.165, 1.54) is 24.5 Å². The molecular weight excluding hydrogens is 404 g/mol. The van der Waals surface area contributed by atoms with Gasteiger partial charge >= 0.3 is 17.1 Å². The van der Waals surface area contributed by atoms with Crippen molar-refractivity contribution < 1.29 is 63.5 Å². The summed E-state index contributed by atoms with van der Waals surface area (Å²) in [7, 11) is 0. The molecule has 0 aliphatic heterocycles. The molecule has 0 fully saturated rings. The smallest absolute Gasteiger partial charge is 0.550 e. The number of aliphatic hydroxyl groups is 2. The molecule has 11 nitrogen and oxygen atoms in total. The first-order chi connectivity index (χ1) is 10.3. The number of nitrogens with zero attached hydrogens (tertiary/aromatic N) is 2. The molecule has 2 rings (SSSR count). The Kier molecular flexibility index (Phi) is 17.9. The predicted octanol–water partition coefficient (Wildman–Crippen LogP) is -4.94. The van der Waals surface area contributed by atoms with Crippen molar-refractivity contribution in [3.8, 4) is 0 Å². The molecule has 0 aromatic carbocycles. The van der Waals surface area contributed by atoms with E-state index in [9.17, 15) is 30.0 Å². The Hall–Kier alpha value is -2.44. The van der Waals surface area contributed by atoms with Gasteiger partial charge in [0.15, 0.2) is 0 Å². The molecular formula is C14H18CuN2O9. The van der Waals surface area contributed by atoms with Crippen LogP contribution in [0, 0.1) is 0 Å². The number of carboxylic acids is 2. The van der Waals surface area contributed by atoms with E-state index >= 15 is 0 Å². The van der Waals surface area contributed by atoms with Crippen molar-refractivity contribution in [3.63, 3.8) is 0 Å². The van der Waals surface area contributed by atoms with Crippen molar-refractivity contribution in [2.75, 3.05) is 0 Å². The molecule has 0 bridgehead atoms. The number of carbonyl (C=O) groups excluding carboxylic acids is 2. The maximum Gasteiger partial charge on any atom is 2.00 e. The van der Waals surface area contributed by atoms with Crippen molar-refractivity contribution in [1.29, 1.82) is 0 Å². The van der Waals surface area contributed by atoms with Crippen LogP contribution in [0.3, 0.4) is 0 Å². The molecule has 149 valence electrons. The van der Waals surface area contributed by atoms with E-state index in [1.54, 1.807) is 24.3 Å². The molecule has 2 aromatic heterocycles. The van der Waals surface area contributed by atoms with Crippen LogP contribution in [-0.4, -0.2) is 48.5 Å². The molecule has 0 amide bonds. The van der Waals surface area contributed by atoms with E-state index in [1.807, 2.05) is 0 Å². The molecule has 2 heterocycles. The van der Waals surface area contributed by atoms with Crippen LogP contribution in [0.4, 0.5) is 0 Å². The van der Waals surface area contributed by atoms with E-state index in [0.29, 0.717) is 0 Å². The summed E-state index contributed by atoms with van der Waals surface area (Å²) in [6.45, 7) is 0. The molecule has 0 aliphatic carbocycles. The van der Waals surface area contributed by atoms with Gasteiger partial charge in [0.25, 0.3) is 5.79 Å². The largest absolute Gasteiger partial charge is 2.00 e. The van der Waals surface area contributed by atoms with Crippen LogP contribution >= 0.6 is 0 Å². The average Bonchev–Trinajstić information content (AvgIpc) is 2.48. The zero-order chi connectivity index (χ0) is 16.6. The molecule has 0 spiro atoms. The van der Waals surface area contributed by atoms with E-state index in [2.05, 4.69) is 9.97 Å². The maximum atomic E-state index is 9.89. The summed E-state index contributed by atoms with van der Waals surface area (Å²) in [5, 5.41) is 38.3. The zero-order valence-electron chi connectivity index (χ0n) is 13.0. The SMILES string of the molecule is O.O.O.O=C([O-])CC(=O)[O-].OC(O)(c1ccccn1)c1ccccn1.[Cu+2]. The Morgan fingerprint density at radius 2 is 1.19 bits per heavy atom. The normalized spacial score (nSPS) is 8.69. The van der Waals surface area contributed by atoms with Gasteiger partial charge in [0.05, 0.1) is 0 Å². The topological polar surface area (TPSA) is 241 Å². The van der Waals surface area contributed by atoms with Crippen molar-refractivity contribution in [2.24, 2.45) is 0 Å². The number of hydrogen-bond acceptors (Lipinski definition) is 8. The second kappa shape index (κ2) is 14.9. The predicted molar refractivity (Wildman–Crippen MR) is 79.2 cm³/mol. The van der Waals surface area contributed by atoms with Crippen LogP contribution in [0.2, 0.25) is 0 Å². The fraction of sp³-hybridized carbons (Fsp3) is 0.143. The van der Waals surface area contributed by atoms with Crippen LogP contribution in [0.1, 0.15) is 17.8 Å². The number of carboxylic acid groups (broad SMARTS) is 2.